The third-order valence-corrected chi connectivity index (χ3v) is 2.48. The summed E-state index contributed by atoms with van der Waals surface area (Å²) in [6, 6.07) is 7.02. The van der Waals surface area contributed by atoms with Gasteiger partial charge in [0.25, 0.3) is 0 Å². The molecule has 1 aromatic rings. The zero-order chi connectivity index (χ0) is 14.3. The minimum absolute atomic E-state index is 0. The van der Waals surface area contributed by atoms with Gasteiger partial charge >= 0.3 is 29.6 Å². The van der Waals surface area contributed by atoms with E-state index in [1.54, 1.807) is 24.3 Å². The van der Waals surface area contributed by atoms with Crippen LogP contribution in [-0.4, -0.2) is 36.4 Å². The van der Waals surface area contributed by atoms with E-state index in [9.17, 15) is 15.0 Å². The standard InChI is InChI=1S/C14H21NO4.Na/c1-10(2)15-8-12(16)9-19-13-5-3-11(4-6-13)7-14(17)18;/h3-6,10,12,15-16H,7-9H2,1-2H3,(H,17,18);/q;+1/p-1. The minimum atomic E-state index is -1.11. The van der Waals surface area contributed by atoms with Crippen molar-refractivity contribution in [1.82, 2.24) is 5.32 Å². The van der Waals surface area contributed by atoms with Crippen LogP contribution < -0.4 is 44.7 Å². The molecule has 20 heavy (non-hydrogen) atoms. The van der Waals surface area contributed by atoms with Gasteiger partial charge in [0.05, 0.1) is 0 Å². The molecule has 0 spiro atoms. The van der Waals surface area contributed by atoms with E-state index in [0.29, 0.717) is 23.9 Å². The number of aliphatic hydroxyl groups excluding tert-OH is 1. The maximum Gasteiger partial charge on any atom is 1.00 e. The number of carboxylic acids is 1. The molecule has 106 valence electrons. The summed E-state index contributed by atoms with van der Waals surface area (Å²) >= 11 is 0. The number of benzene rings is 1. The van der Waals surface area contributed by atoms with Crippen LogP contribution in [-0.2, 0) is 11.2 Å². The fourth-order valence-electron chi connectivity index (χ4n) is 1.49. The number of aliphatic hydroxyl groups is 1. The zero-order valence-corrected chi connectivity index (χ0v) is 14.3. The molecule has 0 heterocycles. The first-order chi connectivity index (χ1) is 8.97. The number of carboxylic acid groups (broad SMARTS) is 1. The monoisotopic (exact) mass is 289 g/mol. The Kier molecular flexibility index (Phi) is 9.88. The van der Waals surface area contributed by atoms with Crippen LogP contribution in [0.25, 0.3) is 0 Å². The van der Waals surface area contributed by atoms with Crippen molar-refractivity contribution in [3.05, 3.63) is 29.8 Å². The molecule has 0 saturated heterocycles. The van der Waals surface area contributed by atoms with Gasteiger partial charge in [-0.2, -0.15) is 0 Å². The fraction of sp³-hybridized carbons (Fsp3) is 0.500. The molecule has 6 heteroatoms. The Morgan fingerprint density at radius 2 is 1.95 bits per heavy atom. The van der Waals surface area contributed by atoms with Crippen LogP contribution in [0.5, 0.6) is 5.75 Å². The maximum absolute atomic E-state index is 10.4. The van der Waals surface area contributed by atoms with Crippen LogP contribution >= 0.6 is 0 Å². The Balaban J connectivity index is 0.00000361. The number of ether oxygens (including phenoxy) is 1. The van der Waals surface area contributed by atoms with Crippen molar-refractivity contribution in [2.24, 2.45) is 0 Å². The van der Waals surface area contributed by atoms with Crippen molar-refractivity contribution in [3.8, 4) is 5.75 Å². The topological polar surface area (TPSA) is 81.6 Å². The number of carbonyl (C=O) groups excluding carboxylic acids is 1. The molecule has 0 aliphatic rings. The second-order valence-corrected chi connectivity index (χ2v) is 4.72. The molecule has 0 radical (unpaired) electrons. The Bertz CT molecular complexity index is 395. The van der Waals surface area contributed by atoms with E-state index in [-0.39, 0.29) is 42.6 Å². The van der Waals surface area contributed by atoms with E-state index in [1.165, 1.54) is 0 Å². The van der Waals surface area contributed by atoms with Crippen LogP contribution in [0.15, 0.2) is 24.3 Å². The average molecular weight is 289 g/mol. The van der Waals surface area contributed by atoms with Crippen LogP contribution in [0.1, 0.15) is 19.4 Å². The summed E-state index contributed by atoms with van der Waals surface area (Å²) in [4.78, 5) is 10.4. The minimum Gasteiger partial charge on any atom is -0.550 e. The van der Waals surface area contributed by atoms with Gasteiger partial charge in [-0.3, -0.25) is 0 Å². The fourth-order valence-corrected chi connectivity index (χ4v) is 1.49. The predicted molar refractivity (Wildman–Crippen MR) is 69.8 cm³/mol. The van der Waals surface area contributed by atoms with Gasteiger partial charge in [0.1, 0.15) is 18.5 Å². The van der Waals surface area contributed by atoms with Crippen LogP contribution in [0.3, 0.4) is 0 Å². The molecule has 0 aromatic heterocycles. The van der Waals surface area contributed by atoms with E-state index < -0.39 is 12.1 Å². The molecule has 1 atom stereocenters. The molecule has 0 amide bonds. The van der Waals surface area contributed by atoms with E-state index in [4.69, 9.17) is 4.74 Å². The SMILES string of the molecule is CC(C)NCC(O)COc1ccc(CC(=O)[O-])cc1.[Na+]. The first-order valence-corrected chi connectivity index (χ1v) is 6.30. The van der Waals surface area contributed by atoms with E-state index >= 15 is 0 Å². The summed E-state index contributed by atoms with van der Waals surface area (Å²) in [5, 5.41) is 23.2. The first kappa shape index (κ1) is 19.4. The van der Waals surface area contributed by atoms with Crippen molar-refractivity contribution in [3.63, 3.8) is 0 Å². The van der Waals surface area contributed by atoms with Crippen molar-refractivity contribution in [1.29, 1.82) is 0 Å². The van der Waals surface area contributed by atoms with Crippen molar-refractivity contribution in [2.75, 3.05) is 13.2 Å². The molecular formula is C14H20NNaO4. The Morgan fingerprint density at radius 3 is 2.45 bits per heavy atom. The number of aliphatic carboxylic acids is 1. The average Bonchev–Trinajstić information content (AvgIpc) is 2.35. The van der Waals surface area contributed by atoms with Gasteiger partial charge in [-0.25, -0.2) is 0 Å². The molecule has 0 fully saturated rings. The summed E-state index contributed by atoms with van der Waals surface area (Å²) in [5.41, 5.74) is 0.661. The van der Waals surface area contributed by atoms with Gasteiger partial charge in [-0.15, -0.1) is 0 Å². The molecule has 5 nitrogen and oxygen atoms in total. The molecule has 1 aromatic carbocycles. The molecule has 0 aliphatic heterocycles. The van der Waals surface area contributed by atoms with Gasteiger partial charge in [-0.05, 0) is 17.7 Å². The number of hydrogen-bond donors (Lipinski definition) is 2. The van der Waals surface area contributed by atoms with Crippen molar-refractivity contribution >= 4 is 5.97 Å². The Labute approximate surface area is 141 Å². The summed E-state index contributed by atoms with van der Waals surface area (Å²) in [6.45, 7) is 4.67. The molecule has 0 saturated carbocycles. The molecule has 2 N–H and O–H groups in total. The van der Waals surface area contributed by atoms with Crippen molar-refractivity contribution < 1.29 is 49.3 Å². The summed E-state index contributed by atoms with van der Waals surface area (Å²) in [7, 11) is 0. The maximum atomic E-state index is 10.4. The molecule has 1 unspecified atom stereocenters. The second-order valence-electron chi connectivity index (χ2n) is 4.72. The third-order valence-electron chi connectivity index (χ3n) is 2.48. The summed E-state index contributed by atoms with van der Waals surface area (Å²) in [6.07, 6.45) is -0.688. The number of nitrogens with one attached hydrogen (secondary N) is 1. The van der Waals surface area contributed by atoms with Gasteiger partial charge in [0.2, 0.25) is 0 Å². The van der Waals surface area contributed by atoms with Gasteiger partial charge < -0.3 is 25.1 Å². The van der Waals surface area contributed by atoms with Gasteiger partial charge in [-0.1, -0.05) is 26.0 Å². The third kappa shape index (κ3) is 8.55. The molecule has 1 rings (SSSR count). The van der Waals surface area contributed by atoms with Crippen LogP contribution in [0, 0.1) is 0 Å². The predicted octanol–water partition coefficient (Wildman–Crippen LogP) is -3.28. The quantitative estimate of drug-likeness (QED) is 0.491. The second kappa shape index (κ2) is 10.2. The molecule has 0 aliphatic carbocycles. The van der Waals surface area contributed by atoms with Crippen LogP contribution in [0.4, 0.5) is 0 Å². The van der Waals surface area contributed by atoms with Crippen molar-refractivity contribution in [2.45, 2.75) is 32.4 Å². The summed E-state index contributed by atoms with van der Waals surface area (Å²) in [5.74, 6) is -0.505. The number of hydrogen-bond acceptors (Lipinski definition) is 5. The van der Waals surface area contributed by atoms with E-state index in [1.807, 2.05) is 13.8 Å². The van der Waals surface area contributed by atoms with Gasteiger partial charge in [0, 0.05) is 25.0 Å². The molecular weight excluding hydrogens is 269 g/mol. The number of rotatable bonds is 8. The van der Waals surface area contributed by atoms with E-state index in [0.717, 1.165) is 0 Å². The molecule has 0 bridgehead atoms. The Hall–Kier alpha value is -0.590. The number of carbonyl (C=O) groups is 1. The zero-order valence-electron chi connectivity index (χ0n) is 12.3. The smallest absolute Gasteiger partial charge is 0.550 e. The van der Waals surface area contributed by atoms with E-state index in [2.05, 4.69) is 5.32 Å². The first-order valence-electron chi connectivity index (χ1n) is 6.30. The Morgan fingerprint density at radius 1 is 1.35 bits per heavy atom. The largest absolute Gasteiger partial charge is 1.00 e. The normalized spacial score (nSPS) is 11.8. The van der Waals surface area contributed by atoms with Gasteiger partial charge in [0.15, 0.2) is 0 Å². The summed E-state index contributed by atoms with van der Waals surface area (Å²) < 4.78 is 5.41. The van der Waals surface area contributed by atoms with Crippen LogP contribution in [0.2, 0.25) is 0 Å².